The van der Waals surface area contributed by atoms with Crippen LogP contribution in [-0.2, 0) is 0 Å². The predicted octanol–water partition coefficient (Wildman–Crippen LogP) is 2.75. The van der Waals surface area contributed by atoms with E-state index >= 15 is 0 Å². The van der Waals surface area contributed by atoms with Crippen molar-refractivity contribution in [2.45, 2.75) is 39.0 Å². The first-order valence-electron chi connectivity index (χ1n) is 6.97. The van der Waals surface area contributed by atoms with Gasteiger partial charge in [-0.1, -0.05) is 30.9 Å². The molecule has 0 amide bonds. The molecular formula is C14H22ClN5. The van der Waals surface area contributed by atoms with E-state index in [4.69, 9.17) is 22.3 Å². The highest BCUT2D eigenvalue weighted by atomic mass is 35.5. The molecule has 0 aromatic heterocycles. The molecule has 3 N–H and O–H groups in total. The van der Waals surface area contributed by atoms with Gasteiger partial charge in [-0.25, -0.2) is 0 Å². The van der Waals surface area contributed by atoms with Crippen molar-refractivity contribution in [2.75, 3.05) is 13.2 Å². The molecular weight excluding hydrogens is 274 g/mol. The van der Waals surface area contributed by atoms with Gasteiger partial charge in [-0.15, -0.1) is 0 Å². The Kier molecular flexibility index (Phi) is 7.93. The number of aliphatic imine (C=N–C) groups is 1. The number of rotatable bonds is 7. The van der Waals surface area contributed by atoms with Crippen LogP contribution in [0.2, 0.25) is 0 Å². The van der Waals surface area contributed by atoms with E-state index in [0.717, 1.165) is 12.5 Å². The fraction of sp³-hybridized carbons (Fsp3) is 0.643. The Balaban J connectivity index is 2.20. The summed E-state index contributed by atoms with van der Waals surface area (Å²) in [5, 5.41) is 22.5. The molecule has 0 bridgehead atoms. The lowest BCUT2D eigenvalue weighted by atomic mass is 9.89. The largest absolute Gasteiger partial charge is 0.362 e. The van der Waals surface area contributed by atoms with Crippen LogP contribution in [-0.4, -0.2) is 24.6 Å². The van der Waals surface area contributed by atoms with Gasteiger partial charge < -0.3 is 5.32 Å². The third-order valence-corrected chi connectivity index (χ3v) is 3.62. The van der Waals surface area contributed by atoms with Crippen molar-refractivity contribution >= 4 is 23.0 Å². The quantitative estimate of drug-likeness (QED) is 0.292. The minimum Gasteiger partial charge on any atom is -0.362 e. The van der Waals surface area contributed by atoms with Crippen LogP contribution >= 0.6 is 11.6 Å². The molecule has 0 aromatic rings. The summed E-state index contributed by atoms with van der Waals surface area (Å²) >= 11 is 5.94. The molecule has 0 unspecified atom stereocenters. The molecule has 0 radical (unpaired) electrons. The minimum atomic E-state index is -0.152. The van der Waals surface area contributed by atoms with Crippen LogP contribution in [0.1, 0.15) is 39.0 Å². The molecule has 5 nitrogen and oxygen atoms in total. The molecule has 1 saturated carbocycles. The van der Waals surface area contributed by atoms with Crippen LogP contribution in [0.3, 0.4) is 0 Å². The van der Waals surface area contributed by atoms with Crippen molar-refractivity contribution in [1.82, 2.24) is 10.6 Å². The van der Waals surface area contributed by atoms with E-state index in [2.05, 4.69) is 15.6 Å². The van der Waals surface area contributed by atoms with Crippen molar-refractivity contribution in [3.8, 4) is 6.07 Å². The van der Waals surface area contributed by atoms with Crippen LogP contribution in [0, 0.1) is 22.7 Å². The van der Waals surface area contributed by atoms with Crippen LogP contribution in [0.5, 0.6) is 0 Å². The Morgan fingerprint density at radius 2 is 2.15 bits per heavy atom. The summed E-state index contributed by atoms with van der Waals surface area (Å²) < 4.78 is 0. The van der Waals surface area contributed by atoms with Crippen LogP contribution in [0.4, 0.5) is 0 Å². The van der Waals surface area contributed by atoms with E-state index in [9.17, 15) is 0 Å². The lowest BCUT2D eigenvalue weighted by Crippen LogP contribution is -2.32. The molecule has 1 aliphatic rings. The Morgan fingerprint density at radius 3 is 2.80 bits per heavy atom. The first-order chi connectivity index (χ1) is 9.63. The topological polar surface area (TPSA) is 84.1 Å². The van der Waals surface area contributed by atoms with Gasteiger partial charge in [0, 0.05) is 0 Å². The van der Waals surface area contributed by atoms with E-state index in [0.29, 0.717) is 17.5 Å². The lowest BCUT2D eigenvalue weighted by Gasteiger charge is -2.21. The zero-order valence-corrected chi connectivity index (χ0v) is 12.6. The summed E-state index contributed by atoms with van der Waals surface area (Å²) in [4.78, 5) is 3.95. The average Bonchev–Trinajstić information content (AvgIpc) is 2.49. The Hall–Kier alpha value is -1.38. The van der Waals surface area contributed by atoms with Crippen molar-refractivity contribution in [3.63, 3.8) is 0 Å². The molecule has 1 rings (SSSR count). The molecule has 6 heteroatoms. The fourth-order valence-electron chi connectivity index (χ4n) is 2.16. The molecule has 110 valence electrons. The van der Waals surface area contributed by atoms with Gasteiger partial charge in [-0.3, -0.25) is 15.7 Å². The zero-order valence-electron chi connectivity index (χ0n) is 11.9. The summed E-state index contributed by atoms with van der Waals surface area (Å²) in [5.74, 6) is 0.782. The summed E-state index contributed by atoms with van der Waals surface area (Å²) in [6, 6.07) is 1.72. The lowest BCUT2D eigenvalue weighted by molar-refractivity contribution is 0.341. The molecule has 0 heterocycles. The molecule has 0 aliphatic heterocycles. The smallest absolute Gasteiger partial charge is 0.153 e. The van der Waals surface area contributed by atoms with Gasteiger partial charge in [-0.05, 0) is 32.2 Å². The van der Waals surface area contributed by atoms with Gasteiger partial charge in [0.1, 0.15) is 11.2 Å². The number of nitrogens with one attached hydrogen (secondary N) is 3. The number of hydrogen-bond acceptors (Lipinski definition) is 5. The molecule has 0 atom stereocenters. The minimum absolute atomic E-state index is 0.152. The monoisotopic (exact) mass is 295 g/mol. The highest BCUT2D eigenvalue weighted by Crippen LogP contribution is 2.22. The molecule has 0 spiro atoms. The standard InChI is InChI=1S/C14H22ClN5/c1-11(13(17)7-16)19-9-14(15)20-10-18-8-12-5-3-2-4-6-12/h9,12,17-18,20H,2-6,8,10H2,1H3/b14-9-,17-13?,19-11+. The van der Waals surface area contributed by atoms with Gasteiger partial charge >= 0.3 is 0 Å². The number of hydrogen-bond donors (Lipinski definition) is 3. The Bertz CT molecular complexity index is 416. The third kappa shape index (κ3) is 6.69. The van der Waals surface area contributed by atoms with Gasteiger partial charge in [0.2, 0.25) is 0 Å². The average molecular weight is 296 g/mol. The second kappa shape index (κ2) is 9.51. The SMILES string of the molecule is C/C(=N\C=C(\Cl)NCNCC1CCCCC1)C(=N)C#N. The molecule has 20 heavy (non-hydrogen) atoms. The Labute approximate surface area is 125 Å². The van der Waals surface area contributed by atoms with E-state index in [1.165, 1.54) is 38.3 Å². The van der Waals surface area contributed by atoms with Gasteiger partial charge in [0.25, 0.3) is 0 Å². The van der Waals surface area contributed by atoms with Crippen molar-refractivity contribution in [1.29, 1.82) is 10.7 Å². The van der Waals surface area contributed by atoms with Gasteiger partial charge in [0.15, 0.2) is 5.71 Å². The third-order valence-electron chi connectivity index (χ3n) is 3.39. The number of nitriles is 1. The van der Waals surface area contributed by atoms with Crippen LogP contribution < -0.4 is 10.6 Å². The fourth-order valence-corrected chi connectivity index (χ4v) is 2.27. The van der Waals surface area contributed by atoms with Crippen molar-refractivity contribution in [2.24, 2.45) is 10.9 Å². The summed E-state index contributed by atoms with van der Waals surface area (Å²) in [7, 11) is 0. The second-order valence-electron chi connectivity index (χ2n) is 4.99. The molecule has 1 fully saturated rings. The molecule has 0 aromatic carbocycles. The highest BCUT2D eigenvalue weighted by molar-refractivity contribution is 6.46. The summed E-state index contributed by atoms with van der Waals surface area (Å²) in [5.41, 5.74) is 0.198. The van der Waals surface area contributed by atoms with Crippen LogP contribution in [0.25, 0.3) is 0 Å². The maximum absolute atomic E-state index is 8.53. The predicted molar refractivity (Wildman–Crippen MR) is 83.0 cm³/mol. The molecule has 1 aliphatic carbocycles. The van der Waals surface area contributed by atoms with E-state index in [-0.39, 0.29) is 5.71 Å². The number of halogens is 1. The summed E-state index contributed by atoms with van der Waals surface area (Å²) in [6.07, 6.45) is 8.12. The summed E-state index contributed by atoms with van der Waals surface area (Å²) in [6.45, 7) is 3.21. The van der Waals surface area contributed by atoms with Crippen LogP contribution in [0.15, 0.2) is 16.3 Å². The molecule has 0 saturated heterocycles. The van der Waals surface area contributed by atoms with E-state index in [1.54, 1.807) is 13.0 Å². The Morgan fingerprint density at radius 1 is 1.45 bits per heavy atom. The van der Waals surface area contributed by atoms with Gasteiger partial charge in [-0.2, -0.15) is 5.26 Å². The van der Waals surface area contributed by atoms with Crippen molar-refractivity contribution < 1.29 is 0 Å². The zero-order chi connectivity index (χ0) is 14.8. The van der Waals surface area contributed by atoms with E-state index in [1.807, 2.05) is 0 Å². The maximum Gasteiger partial charge on any atom is 0.153 e. The van der Waals surface area contributed by atoms with Crippen molar-refractivity contribution in [3.05, 3.63) is 11.4 Å². The first-order valence-corrected chi connectivity index (χ1v) is 7.35. The van der Waals surface area contributed by atoms with E-state index < -0.39 is 0 Å². The normalized spacial score (nSPS) is 17.6. The second-order valence-corrected chi connectivity index (χ2v) is 5.40. The highest BCUT2D eigenvalue weighted by Gasteiger charge is 2.12. The maximum atomic E-state index is 8.53. The number of nitrogens with zero attached hydrogens (tertiary/aromatic N) is 2. The van der Waals surface area contributed by atoms with Gasteiger partial charge in [0.05, 0.1) is 18.6 Å². The first kappa shape index (κ1) is 16.7.